The lowest BCUT2D eigenvalue weighted by Crippen LogP contribution is -2.47. The standard InChI is InChI=1S/C23H28ClN5O2S.3ClH/c1-26-6-5-17-20(14-26)32-22-21(17)23(30)29(15-25-22)12-9-27-7-10-28(11-8-27)18-13-16(24)3-4-19(18)31-2;;;/h3-4,13,15H,5-12,14H2,1-2H3;3*1H. The van der Waals surface area contributed by atoms with Crippen molar-refractivity contribution in [2.45, 2.75) is 19.5 Å². The summed E-state index contributed by atoms with van der Waals surface area (Å²) in [6, 6.07) is 5.74. The molecule has 2 aromatic heterocycles. The van der Waals surface area contributed by atoms with E-state index in [0.29, 0.717) is 11.6 Å². The number of fused-ring (bicyclic) bond motifs is 3. The molecular weight excluding hydrogens is 552 g/mol. The molecule has 1 fully saturated rings. The lowest BCUT2D eigenvalue weighted by Gasteiger charge is -2.36. The average Bonchev–Trinajstić information content (AvgIpc) is 3.17. The second-order valence-electron chi connectivity index (χ2n) is 8.56. The van der Waals surface area contributed by atoms with Gasteiger partial charge in [0.2, 0.25) is 0 Å². The summed E-state index contributed by atoms with van der Waals surface area (Å²) in [7, 11) is 3.82. The minimum atomic E-state index is 0. The van der Waals surface area contributed by atoms with Crippen LogP contribution in [0.25, 0.3) is 10.2 Å². The van der Waals surface area contributed by atoms with Gasteiger partial charge in [-0.25, -0.2) is 4.98 Å². The molecule has 0 unspecified atom stereocenters. The van der Waals surface area contributed by atoms with Crippen LogP contribution in [-0.2, 0) is 19.5 Å². The van der Waals surface area contributed by atoms with Crippen molar-refractivity contribution in [3.63, 3.8) is 0 Å². The number of nitrogens with zero attached hydrogens (tertiary/aromatic N) is 5. The molecule has 0 amide bonds. The van der Waals surface area contributed by atoms with Crippen molar-refractivity contribution in [2.24, 2.45) is 0 Å². The lowest BCUT2D eigenvalue weighted by atomic mass is 10.1. The minimum absolute atomic E-state index is 0. The van der Waals surface area contributed by atoms with E-state index in [2.05, 4.69) is 26.7 Å². The number of piperazine rings is 1. The third kappa shape index (κ3) is 6.18. The van der Waals surface area contributed by atoms with E-state index in [1.54, 1.807) is 29.3 Å². The molecule has 194 valence electrons. The van der Waals surface area contributed by atoms with Crippen LogP contribution in [-0.4, -0.2) is 72.8 Å². The van der Waals surface area contributed by atoms with Crippen LogP contribution in [0, 0.1) is 0 Å². The number of benzene rings is 1. The third-order valence-electron chi connectivity index (χ3n) is 6.53. The molecule has 35 heavy (non-hydrogen) atoms. The van der Waals surface area contributed by atoms with Crippen LogP contribution >= 0.6 is 60.2 Å². The first-order valence-electron chi connectivity index (χ1n) is 11.0. The molecule has 3 aromatic rings. The number of methoxy groups -OCH3 is 1. The van der Waals surface area contributed by atoms with Crippen LogP contribution in [0.5, 0.6) is 5.75 Å². The van der Waals surface area contributed by atoms with Crippen molar-refractivity contribution < 1.29 is 4.74 Å². The molecule has 5 rings (SSSR count). The number of ether oxygens (including phenoxy) is 1. The second kappa shape index (κ2) is 12.8. The van der Waals surface area contributed by atoms with Gasteiger partial charge in [0.15, 0.2) is 0 Å². The monoisotopic (exact) mass is 581 g/mol. The van der Waals surface area contributed by atoms with Crippen LogP contribution in [0.2, 0.25) is 5.02 Å². The Morgan fingerprint density at radius 2 is 1.83 bits per heavy atom. The Morgan fingerprint density at radius 1 is 1.09 bits per heavy atom. The van der Waals surface area contributed by atoms with E-state index in [1.165, 1.54) is 10.4 Å². The summed E-state index contributed by atoms with van der Waals surface area (Å²) >= 11 is 7.88. The van der Waals surface area contributed by atoms with Crippen LogP contribution < -0.4 is 15.2 Å². The maximum atomic E-state index is 13.2. The van der Waals surface area contributed by atoms with Crippen molar-refractivity contribution in [3.05, 3.63) is 50.3 Å². The van der Waals surface area contributed by atoms with Crippen LogP contribution in [0.1, 0.15) is 10.4 Å². The van der Waals surface area contributed by atoms with Crippen LogP contribution in [0.15, 0.2) is 29.3 Å². The Bertz CT molecular complexity index is 1200. The summed E-state index contributed by atoms with van der Waals surface area (Å²) in [6.07, 6.45) is 2.66. The Morgan fingerprint density at radius 3 is 2.54 bits per heavy atom. The van der Waals surface area contributed by atoms with Gasteiger partial charge in [-0.3, -0.25) is 14.3 Å². The molecule has 0 bridgehead atoms. The molecule has 0 atom stereocenters. The lowest BCUT2D eigenvalue weighted by molar-refractivity contribution is 0.246. The summed E-state index contributed by atoms with van der Waals surface area (Å²) in [5, 5.41) is 1.56. The van der Waals surface area contributed by atoms with E-state index < -0.39 is 0 Å². The highest BCUT2D eigenvalue weighted by Gasteiger charge is 2.23. The van der Waals surface area contributed by atoms with Crippen LogP contribution in [0.3, 0.4) is 0 Å². The zero-order valence-electron chi connectivity index (χ0n) is 19.7. The van der Waals surface area contributed by atoms with E-state index >= 15 is 0 Å². The highest BCUT2D eigenvalue weighted by atomic mass is 35.5. The van der Waals surface area contributed by atoms with E-state index in [1.807, 2.05) is 18.2 Å². The van der Waals surface area contributed by atoms with Gasteiger partial charge in [-0.1, -0.05) is 11.6 Å². The molecule has 1 saturated heterocycles. The molecule has 0 radical (unpaired) electrons. The van der Waals surface area contributed by atoms with Crippen molar-refractivity contribution >= 4 is 76.1 Å². The van der Waals surface area contributed by atoms with Crippen molar-refractivity contribution in [3.8, 4) is 5.75 Å². The summed E-state index contributed by atoms with van der Waals surface area (Å²) in [6.45, 7) is 7.06. The molecule has 0 spiro atoms. The molecule has 2 aliphatic heterocycles. The maximum absolute atomic E-state index is 13.2. The van der Waals surface area contributed by atoms with E-state index in [4.69, 9.17) is 16.3 Å². The van der Waals surface area contributed by atoms with Gasteiger partial charge in [-0.2, -0.15) is 0 Å². The van der Waals surface area contributed by atoms with E-state index in [-0.39, 0.29) is 42.8 Å². The van der Waals surface area contributed by atoms with Gasteiger partial charge in [0.1, 0.15) is 10.6 Å². The zero-order chi connectivity index (χ0) is 22.2. The van der Waals surface area contributed by atoms with Gasteiger partial charge in [-0.05, 0) is 37.2 Å². The van der Waals surface area contributed by atoms with Gasteiger partial charge in [0.05, 0.1) is 24.5 Å². The molecule has 0 aliphatic carbocycles. The highest BCUT2D eigenvalue weighted by Crippen LogP contribution is 2.33. The number of likely N-dealkylation sites (N-methyl/N-ethyl adjacent to an activating group) is 1. The Hall–Kier alpha value is -1.26. The van der Waals surface area contributed by atoms with Gasteiger partial charge in [0, 0.05) is 62.3 Å². The summed E-state index contributed by atoms with van der Waals surface area (Å²) < 4.78 is 7.30. The summed E-state index contributed by atoms with van der Waals surface area (Å²) in [5.41, 5.74) is 2.37. The number of hydrogen-bond donors (Lipinski definition) is 0. The first kappa shape index (κ1) is 30.0. The van der Waals surface area contributed by atoms with E-state index in [0.717, 1.165) is 73.9 Å². The number of thiophene rings is 1. The first-order valence-corrected chi connectivity index (χ1v) is 12.2. The summed E-state index contributed by atoms with van der Waals surface area (Å²) in [4.78, 5) is 27.0. The smallest absolute Gasteiger partial charge is 0.262 e. The molecule has 2 aliphatic rings. The molecule has 0 N–H and O–H groups in total. The number of halogens is 4. The maximum Gasteiger partial charge on any atom is 0.262 e. The molecule has 7 nitrogen and oxygen atoms in total. The van der Waals surface area contributed by atoms with Crippen molar-refractivity contribution in [1.29, 1.82) is 0 Å². The molecular formula is C23H31Cl4N5O2S. The molecule has 1 aromatic carbocycles. The number of hydrogen-bond acceptors (Lipinski definition) is 7. The van der Waals surface area contributed by atoms with Gasteiger partial charge in [-0.15, -0.1) is 48.6 Å². The van der Waals surface area contributed by atoms with Gasteiger partial charge < -0.3 is 14.5 Å². The fraction of sp³-hybridized carbons (Fsp3) is 0.478. The highest BCUT2D eigenvalue weighted by molar-refractivity contribution is 7.18. The van der Waals surface area contributed by atoms with Crippen LogP contribution in [0.4, 0.5) is 5.69 Å². The first-order chi connectivity index (χ1) is 15.5. The second-order valence-corrected chi connectivity index (χ2v) is 10.1. The Kier molecular flexibility index (Phi) is 11.0. The van der Waals surface area contributed by atoms with Crippen molar-refractivity contribution in [1.82, 2.24) is 19.4 Å². The summed E-state index contributed by atoms with van der Waals surface area (Å²) in [5.74, 6) is 0.846. The topological polar surface area (TPSA) is 53.8 Å². The predicted molar refractivity (Wildman–Crippen MR) is 152 cm³/mol. The average molecular weight is 583 g/mol. The van der Waals surface area contributed by atoms with Crippen molar-refractivity contribution in [2.75, 3.05) is 58.3 Å². The Labute approximate surface area is 233 Å². The van der Waals surface area contributed by atoms with E-state index in [9.17, 15) is 4.79 Å². The molecule has 0 saturated carbocycles. The predicted octanol–water partition coefficient (Wildman–Crippen LogP) is 4.20. The molecule has 4 heterocycles. The zero-order valence-corrected chi connectivity index (χ0v) is 23.8. The Balaban J connectivity index is 0.00000144. The quantitative estimate of drug-likeness (QED) is 0.449. The number of anilines is 1. The minimum Gasteiger partial charge on any atom is -0.495 e. The third-order valence-corrected chi connectivity index (χ3v) is 7.89. The fourth-order valence-corrected chi connectivity index (χ4v) is 6.10. The SMILES string of the molecule is COc1ccc(Cl)cc1N1CCN(CCn2cnc3sc4c(c3c2=O)CCN(C)C4)CC1.Cl.Cl.Cl. The largest absolute Gasteiger partial charge is 0.495 e. The number of aromatic nitrogens is 2. The van der Waals surface area contributed by atoms with Gasteiger partial charge in [0.25, 0.3) is 5.56 Å². The molecule has 12 heteroatoms. The van der Waals surface area contributed by atoms with Gasteiger partial charge >= 0.3 is 0 Å². The normalized spacial score (nSPS) is 16.1. The number of rotatable bonds is 5. The fourth-order valence-electron chi connectivity index (χ4n) is 4.68.